The molecule has 47 valence electrons. The zero-order valence-corrected chi connectivity index (χ0v) is 4.36. The molecule has 0 heterocycles. The predicted octanol–water partition coefficient (Wildman–Crippen LogP) is 1.47. The third-order valence-corrected chi connectivity index (χ3v) is 0.873. The third kappa shape index (κ3) is 0.988. The molecule has 1 rings (SSSR count). The Balaban J connectivity index is 3.25. The van der Waals surface area contributed by atoms with Crippen LogP contribution in [0, 0.1) is 17.7 Å². The fraction of sp³-hybridized carbons (Fsp3) is 0. The van der Waals surface area contributed by atoms with Gasteiger partial charge in [-0.15, -0.1) is 0 Å². The highest BCUT2D eigenvalue weighted by Crippen LogP contribution is 2.17. The zero-order valence-electron chi connectivity index (χ0n) is 4.36. The molecule has 0 saturated carbocycles. The summed E-state index contributed by atoms with van der Waals surface area (Å²) in [5.41, 5.74) is 0. The van der Waals surface area contributed by atoms with Crippen molar-refractivity contribution in [3.8, 4) is 5.75 Å². The van der Waals surface area contributed by atoms with E-state index >= 15 is 0 Å². The minimum absolute atomic E-state index is 0.860. The maximum atomic E-state index is 12.1. The van der Waals surface area contributed by atoms with Gasteiger partial charge in [0.05, 0.1) is 0 Å². The number of benzene rings is 1. The van der Waals surface area contributed by atoms with Gasteiger partial charge in [0, 0.05) is 0 Å². The molecule has 0 spiro atoms. The lowest BCUT2D eigenvalue weighted by molar-refractivity contribution is 0.396. The fourth-order valence-electron chi connectivity index (χ4n) is 0.439. The average Bonchev–Trinajstić information content (AvgIpc) is 1.83. The molecule has 1 radical (unpaired) electrons. The molecule has 0 atom stereocenters. The van der Waals surface area contributed by atoms with Crippen molar-refractivity contribution in [2.75, 3.05) is 0 Å². The van der Waals surface area contributed by atoms with E-state index < -0.39 is 17.4 Å². The Morgan fingerprint density at radius 3 is 2.00 bits per heavy atom. The number of hydrogen-bond donors (Lipinski definition) is 1. The minimum Gasteiger partial charge on any atom is -0.503 e. The Labute approximate surface area is 50.6 Å². The van der Waals surface area contributed by atoms with Gasteiger partial charge in [0.1, 0.15) is 0 Å². The summed E-state index contributed by atoms with van der Waals surface area (Å²) in [6.07, 6.45) is 0. The number of halogens is 2. The van der Waals surface area contributed by atoms with Crippen LogP contribution in [0.2, 0.25) is 0 Å². The number of hydrogen-bond acceptors (Lipinski definition) is 1. The van der Waals surface area contributed by atoms with E-state index in [1.54, 1.807) is 0 Å². The lowest BCUT2D eigenvalue weighted by Crippen LogP contribution is -1.79. The van der Waals surface area contributed by atoms with Crippen LogP contribution >= 0.6 is 0 Å². The second kappa shape index (κ2) is 2.01. The summed E-state index contributed by atoms with van der Waals surface area (Å²) in [5.74, 6) is -2.93. The van der Waals surface area contributed by atoms with Crippen LogP contribution < -0.4 is 0 Å². The van der Waals surface area contributed by atoms with Crippen LogP contribution in [0.4, 0.5) is 8.78 Å². The summed E-state index contributed by atoms with van der Waals surface area (Å²) in [4.78, 5) is 0. The normalized spacial score (nSPS) is 9.56. The Kier molecular flexibility index (Phi) is 1.34. The molecule has 0 saturated heterocycles. The average molecular weight is 129 g/mol. The van der Waals surface area contributed by atoms with Crippen LogP contribution in [0.15, 0.2) is 12.1 Å². The highest BCUT2D eigenvalue weighted by Gasteiger charge is 2.03. The molecule has 0 bridgehead atoms. The first-order valence-electron chi connectivity index (χ1n) is 2.26. The molecule has 0 aromatic heterocycles. The molecule has 0 amide bonds. The lowest BCUT2D eigenvalue weighted by atomic mass is 10.3. The standard InChI is InChI=1S/C6H3F2O/c7-4-2-1-3-5(8)6(4)9/h2-3,9H. The Morgan fingerprint density at radius 2 is 1.67 bits per heavy atom. The van der Waals surface area contributed by atoms with Gasteiger partial charge in [0.15, 0.2) is 17.4 Å². The number of rotatable bonds is 0. The van der Waals surface area contributed by atoms with E-state index in [1.807, 2.05) is 0 Å². The SMILES string of the molecule is Oc1c(F)c[c]cc1F. The molecule has 0 fully saturated rings. The third-order valence-electron chi connectivity index (χ3n) is 0.873. The second-order valence-corrected chi connectivity index (χ2v) is 1.50. The van der Waals surface area contributed by atoms with Crippen molar-refractivity contribution < 1.29 is 13.9 Å². The Morgan fingerprint density at radius 1 is 1.22 bits per heavy atom. The molecule has 0 aliphatic carbocycles. The van der Waals surface area contributed by atoms with Crippen LogP contribution in [0.25, 0.3) is 0 Å². The molecule has 1 aromatic carbocycles. The highest BCUT2D eigenvalue weighted by atomic mass is 19.1. The lowest BCUT2D eigenvalue weighted by Gasteiger charge is -1.92. The first kappa shape index (κ1) is 6.01. The van der Waals surface area contributed by atoms with Crippen LogP contribution in [-0.2, 0) is 0 Å². The fourth-order valence-corrected chi connectivity index (χ4v) is 0.439. The van der Waals surface area contributed by atoms with Gasteiger partial charge in [-0.25, -0.2) is 8.78 Å². The maximum absolute atomic E-state index is 12.1. The van der Waals surface area contributed by atoms with Gasteiger partial charge in [0.2, 0.25) is 0 Å². The van der Waals surface area contributed by atoms with Crippen molar-refractivity contribution >= 4 is 0 Å². The van der Waals surface area contributed by atoms with Gasteiger partial charge in [-0.3, -0.25) is 0 Å². The Bertz CT molecular complexity index is 202. The van der Waals surface area contributed by atoms with Crippen molar-refractivity contribution in [2.24, 2.45) is 0 Å². The number of aromatic hydroxyl groups is 1. The van der Waals surface area contributed by atoms with E-state index in [4.69, 9.17) is 5.11 Å². The van der Waals surface area contributed by atoms with Gasteiger partial charge in [-0.1, -0.05) is 0 Å². The van der Waals surface area contributed by atoms with Gasteiger partial charge in [0.25, 0.3) is 0 Å². The van der Waals surface area contributed by atoms with Gasteiger partial charge < -0.3 is 5.11 Å². The molecule has 0 unspecified atom stereocenters. The van der Waals surface area contributed by atoms with Crippen LogP contribution in [-0.4, -0.2) is 5.11 Å². The topological polar surface area (TPSA) is 20.2 Å². The maximum Gasteiger partial charge on any atom is 0.187 e. The van der Waals surface area contributed by atoms with Gasteiger partial charge >= 0.3 is 0 Å². The largest absolute Gasteiger partial charge is 0.503 e. The summed E-state index contributed by atoms with van der Waals surface area (Å²) < 4.78 is 24.1. The zero-order chi connectivity index (χ0) is 6.85. The van der Waals surface area contributed by atoms with Crippen molar-refractivity contribution in [1.29, 1.82) is 0 Å². The second-order valence-electron chi connectivity index (χ2n) is 1.50. The molecule has 1 N–H and O–H groups in total. The van der Waals surface area contributed by atoms with E-state index in [2.05, 4.69) is 6.07 Å². The van der Waals surface area contributed by atoms with E-state index in [-0.39, 0.29) is 0 Å². The van der Waals surface area contributed by atoms with Crippen molar-refractivity contribution in [3.63, 3.8) is 0 Å². The first-order chi connectivity index (χ1) is 4.22. The van der Waals surface area contributed by atoms with E-state index in [0.717, 1.165) is 12.1 Å². The summed E-state index contributed by atoms with van der Waals surface area (Å²) >= 11 is 0. The molecular formula is C6H3F2O. The van der Waals surface area contributed by atoms with Crippen LogP contribution in [0.1, 0.15) is 0 Å². The van der Waals surface area contributed by atoms with Crippen molar-refractivity contribution in [1.82, 2.24) is 0 Å². The molecule has 1 nitrogen and oxygen atoms in total. The van der Waals surface area contributed by atoms with Crippen LogP contribution in [0.3, 0.4) is 0 Å². The summed E-state index contributed by atoms with van der Waals surface area (Å²) in [7, 11) is 0. The summed E-state index contributed by atoms with van der Waals surface area (Å²) in [6.45, 7) is 0. The molecule has 1 aromatic rings. The van der Waals surface area contributed by atoms with Crippen LogP contribution in [0.5, 0.6) is 5.75 Å². The Hall–Kier alpha value is -1.12. The van der Waals surface area contributed by atoms with E-state index in [1.165, 1.54) is 0 Å². The molecular weight excluding hydrogens is 126 g/mol. The highest BCUT2D eigenvalue weighted by molar-refractivity contribution is 5.23. The number of phenols is 1. The molecule has 9 heavy (non-hydrogen) atoms. The number of phenolic OH excluding ortho intramolecular Hbond substituents is 1. The van der Waals surface area contributed by atoms with E-state index in [9.17, 15) is 8.78 Å². The molecule has 3 heteroatoms. The summed E-state index contributed by atoms with van der Waals surface area (Å²) in [6, 6.07) is 3.88. The predicted molar refractivity (Wildman–Crippen MR) is 26.9 cm³/mol. The molecule has 0 aliphatic heterocycles. The van der Waals surface area contributed by atoms with Gasteiger partial charge in [-0.2, -0.15) is 0 Å². The molecule has 0 aliphatic rings. The van der Waals surface area contributed by atoms with Gasteiger partial charge in [-0.05, 0) is 18.2 Å². The van der Waals surface area contributed by atoms with Crippen molar-refractivity contribution in [3.05, 3.63) is 29.8 Å². The van der Waals surface area contributed by atoms with E-state index in [0.29, 0.717) is 0 Å². The monoisotopic (exact) mass is 129 g/mol. The minimum atomic E-state index is -0.991. The quantitative estimate of drug-likeness (QED) is 0.562. The first-order valence-corrected chi connectivity index (χ1v) is 2.26. The smallest absolute Gasteiger partial charge is 0.187 e. The summed E-state index contributed by atoms with van der Waals surface area (Å²) in [5, 5.41) is 8.44. The van der Waals surface area contributed by atoms with Crippen molar-refractivity contribution in [2.45, 2.75) is 0 Å².